The zero-order valence-corrected chi connectivity index (χ0v) is 19.0. The molecule has 35 heavy (non-hydrogen) atoms. The molecule has 2 N–H and O–H groups in total. The summed E-state index contributed by atoms with van der Waals surface area (Å²) in [5, 5.41) is 22.2. The normalized spacial score (nSPS) is 12.2. The fourth-order valence-corrected chi connectivity index (χ4v) is 3.68. The molecule has 0 saturated carbocycles. The number of rotatable bonds is 9. The Kier molecular flexibility index (Phi) is 7.28. The number of ether oxygens (including phenoxy) is 1. The van der Waals surface area contributed by atoms with Gasteiger partial charge in [-0.05, 0) is 53.6 Å². The molecule has 2 aromatic heterocycles. The third-order valence-electron chi connectivity index (χ3n) is 5.51. The molecule has 174 valence electrons. The van der Waals surface area contributed by atoms with Gasteiger partial charge < -0.3 is 15.2 Å². The highest BCUT2D eigenvalue weighted by Crippen LogP contribution is 2.32. The van der Waals surface area contributed by atoms with Crippen LogP contribution in [-0.2, 0) is 11.3 Å². The van der Waals surface area contributed by atoms with Crippen LogP contribution in [0.4, 0.5) is 5.82 Å². The Bertz CT molecular complexity index is 1340. The summed E-state index contributed by atoms with van der Waals surface area (Å²) in [5.74, 6) is -0.973. The van der Waals surface area contributed by atoms with E-state index >= 15 is 0 Å². The predicted octanol–water partition coefficient (Wildman–Crippen LogP) is 5.00. The summed E-state index contributed by atoms with van der Waals surface area (Å²) in [5.41, 5.74) is 2.68. The second-order valence-electron chi connectivity index (χ2n) is 7.92. The van der Waals surface area contributed by atoms with E-state index in [2.05, 4.69) is 26.3 Å². The van der Waals surface area contributed by atoms with Crippen LogP contribution in [0.2, 0.25) is 0 Å². The van der Waals surface area contributed by atoms with Crippen molar-refractivity contribution in [2.75, 3.05) is 5.32 Å². The SMILES string of the molecule is CC(C(=O)O)C(c1cccc(C#N)c1)c1ccnc(Oc2ccc(CNc3ccccn3)cc2)n1. The van der Waals surface area contributed by atoms with Gasteiger partial charge in [0.2, 0.25) is 0 Å². The summed E-state index contributed by atoms with van der Waals surface area (Å²) in [6, 6.07) is 23.9. The van der Waals surface area contributed by atoms with Crippen molar-refractivity contribution in [2.24, 2.45) is 5.92 Å². The molecular formula is C27H23N5O3. The standard InChI is InChI=1S/C27H23N5O3/c1-18(26(33)34)25(21-6-4-5-20(15-21)16-28)23-12-14-30-27(32-23)35-22-10-8-19(9-11-22)17-31-24-7-2-3-13-29-24/h2-15,18,25H,17H2,1H3,(H,29,31)(H,33,34). The maximum atomic E-state index is 11.8. The number of carboxylic acids is 1. The van der Waals surface area contributed by atoms with E-state index in [1.165, 1.54) is 0 Å². The van der Waals surface area contributed by atoms with E-state index in [4.69, 9.17) is 4.74 Å². The minimum absolute atomic E-state index is 0.112. The molecule has 0 aliphatic rings. The summed E-state index contributed by atoms with van der Waals surface area (Å²) >= 11 is 0. The smallest absolute Gasteiger partial charge is 0.322 e. The number of hydrogen-bond donors (Lipinski definition) is 2. The number of carbonyl (C=O) groups is 1. The minimum Gasteiger partial charge on any atom is -0.481 e. The molecule has 0 bridgehead atoms. The lowest BCUT2D eigenvalue weighted by atomic mass is 9.84. The van der Waals surface area contributed by atoms with Crippen LogP contribution in [0.15, 0.2) is 85.2 Å². The minimum atomic E-state index is -0.964. The number of nitriles is 1. The molecule has 0 radical (unpaired) electrons. The fraction of sp³-hybridized carbons (Fsp3) is 0.148. The van der Waals surface area contributed by atoms with Gasteiger partial charge in [0.15, 0.2) is 0 Å². The molecule has 0 aliphatic carbocycles. The highest BCUT2D eigenvalue weighted by Gasteiger charge is 2.29. The van der Waals surface area contributed by atoms with Crippen molar-refractivity contribution < 1.29 is 14.6 Å². The van der Waals surface area contributed by atoms with Crippen LogP contribution < -0.4 is 10.1 Å². The number of carboxylic acid groups (broad SMARTS) is 1. The number of aromatic nitrogens is 3. The lowest BCUT2D eigenvalue weighted by molar-refractivity contribution is -0.141. The molecule has 0 fully saturated rings. The molecule has 4 aromatic rings. The first-order valence-corrected chi connectivity index (χ1v) is 11.0. The first-order valence-electron chi connectivity index (χ1n) is 11.0. The van der Waals surface area contributed by atoms with Crippen molar-refractivity contribution >= 4 is 11.8 Å². The average molecular weight is 466 g/mol. The molecule has 0 saturated heterocycles. The van der Waals surface area contributed by atoms with E-state index < -0.39 is 17.8 Å². The quantitative estimate of drug-likeness (QED) is 0.354. The molecule has 4 rings (SSSR count). The van der Waals surface area contributed by atoms with E-state index in [0.717, 1.165) is 11.4 Å². The van der Waals surface area contributed by atoms with Crippen LogP contribution in [0, 0.1) is 17.2 Å². The number of anilines is 1. The Labute approximate surface area is 202 Å². The summed E-state index contributed by atoms with van der Waals surface area (Å²) < 4.78 is 5.85. The summed E-state index contributed by atoms with van der Waals surface area (Å²) in [6.45, 7) is 2.23. The van der Waals surface area contributed by atoms with E-state index in [1.807, 2.05) is 42.5 Å². The lowest BCUT2D eigenvalue weighted by Gasteiger charge is -2.21. The van der Waals surface area contributed by atoms with Gasteiger partial charge in [-0.1, -0.05) is 37.3 Å². The van der Waals surface area contributed by atoms with Crippen LogP contribution >= 0.6 is 0 Å². The van der Waals surface area contributed by atoms with Gasteiger partial charge >= 0.3 is 12.0 Å². The third-order valence-corrected chi connectivity index (χ3v) is 5.51. The van der Waals surface area contributed by atoms with E-state index in [1.54, 1.807) is 49.6 Å². The van der Waals surface area contributed by atoms with E-state index in [-0.39, 0.29) is 6.01 Å². The number of pyridine rings is 1. The van der Waals surface area contributed by atoms with Gasteiger partial charge in [-0.3, -0.25) is 4.79 Å². The van der Waals surface area contributed by atoms with E-state index in [0.29, 0.717) is 29.1 Å². The molecule has 0 amide bonds. The maximum Gasteiger partial charge on any atom is 0.322 e. The van der Waals surface area contributed by atoms with Crippen molar-refractivity contribution in [1.29, 1.82) is 5.26 Å². The highest BCUT2D eigenvalue weighted by atomic mass is 16.5. The Balaban J connectivity index is 1.52. The zero-order chi connectivity index (χ0) is 24.6. The second kappa shape index (κ2) is 10.9. The number of hydrogen-bond acceptors (Lipinski definition) is 7. The topological polar surface area (TPSA) is 121 Å². The second-order valence-corrected chi connectivity index (χ2v) is 7.92. The lowest BCUT2D eigenvalue weighted by Crippen LogP contribution is -2.21. The predicted molar refractivity (Wildman–Crippen MR) is 130 cm³/mol. The molecule has 2 unspecified atom stereocenters. The maximum absolute atomic E-state index is 11.8. The molecule has 2 atom stereocenters. The first kappa shape index (κ1) is 23.4. The average Bonchev–Trinajstić information content (AvgIpc) is 2.89. The highest BCUT2D eigenvalue weighted by molar-refractivity contribution is 5.72. The summed E-state index contributed by atoms with van der Waals surface area (Å²) in [6.07, 6.45) is 3.27. The van der Waals surface area contributed by atoms with E-state index in [9.17, 15) is 15.2 Å². The Hall–Kier alpha value is -4.77. The summed E-state index contributed by atoms with van der Waals surface area (Å²) in [7, 11) is 0. The Morgan fingerprint density at radius 3 is 2.60 bits per heavy atom. The summed E-state index contributed by atoms with van der Waals surface area (Å²) in [4.78, 5) is 24.8. The molecular weight excluding hydrogens is 442 g/mol. The van der Waals surface area contributed by atoms with Crippen LogP contribution in [0.1, 0.15) is 35.2 Å². The van der Waals surface area contributed by atoms with Crippen molar-refractivity contribution in [1.82, 2.24) is 15.0 Å². The molecule has 2 heterocycles. The molecule has 8 heteroatoms. The third kappa shape index (κ3) is 5.97. The van der Waals surface area contributed by atoms with Crippen molar-refractivity contribution in [3.05, 3.63) is 108 Å². The van der Waals surface area contributed by atoms with Gasteiger partial charge in [0.1, 0.15) is 11.6 Å². The van der Waals surface area contributed by atoms with Crippen molar-refractivity contribution in [3.63, 3.8) is 0 Å². The monoisotopic (exact) mass is 465 g/mol. The van der Waals surface area contributed by atoms with Crippen molar-refractivity contribution in [2.45, 2.75) is 19.4 Å². The van der Waals surface area contributed by atoms with Gasteiger partial charge in [0.25, 0.3) is 0 Å². The number of nitrogens with zero attached hydrogens (tertiary/aromatic N) is 4. The Morgan fingerprint density at radius 1 is 1.06 bits per heavy atom. The fourth-order valence-electron chi connectivity index (χ4n) is 3.68. The molecule has 8 nitrogen and oxygen atoms in total. The van der Waals surface area contributed by atoms with Gasteiger partial charge in [0, 0.05) is 24.9 Å². The van der Waals surface area contributed by atoms with Gasteiger partial charge in [-0.15, -0.1) is 0 Å². The van der Waals surface area contributed by atoms with Crippen LogP contribution in [0.3, 0.4) is 0 Å². The Morgan fingerprint density at radius 2 is 1.89 bits per heavy atom. The first-order chi connectivity index (χ1) is 17.0. The zero-order valence-electron chi connectivity index (χ0n) is 19.0. The van der Waals surface area contributed by atoms with Gasteiger partial charge in [-0.25, -0.2) is 9.97 Å². The van der Waals surface area contributed by atoms with Crippen LogP contribution in [0.5, 0.6) is 11.8 Å². The van der Waals surface area contributed by atoms with Crippen LogP contribution in [0.25, 0.3) is 0 Å². The molecule has 2 aromatic carbocycles. The van der Waals surface area contributed by atoms with Gasteiger partial charge in [0.05, 0.1) is 23.2 Å². The number of benzene rings is 2. The number of nitrogens with one attached hydrogen (secondary N) is 1. The van der Waals surface area contributed by atoms with Crippen LogP contribution in [-0.4, -0.2) is 26.0 Å². The van der Waals surface area contributed by atoms with Gasteiger partial charge in [-0.2, -0.15) is 10.2 Å². The van der Waals surface area contributed by atoms with Crippen molar-refractivity contribution in [3.8, 4) is 17.8 Å². The molecule has 0 spiro atoms. The number of aliphatic carboxylic acids is 1. The molecule has 0 aliphatic heterocycles. The largest absolute Gasteiger partial charge is 0.481 e.